The summed E-state index contributed by atoms with van der Waals surface area (Å²) in [5.41, 5.74) is 6.35. The number of benzene rings is 4. The smallest absolute Gasteiger partial charge is 0.119 e. The number of nitrogens with zero attached hydrogens (tertiary/aromatic N) is 1. The maximum atomic E-state index is 8.88. The van der Waals surface area contributed by atoms with Crippen molar-refractivity contribution in [2.24, 2.45) is 0 Å². The van der Waals surface area contributed by atoms with E-state index in [0.717, 1.165) is 38.2 Å². The molecule has 0 atom stereocenters. The fraction of sp³-hybridized carbons (Fsp3) is 0.0333. The van der Waals surface area contributed by atoms with E-state index in [9.17, 15) is 0 Å². The van der Waals surface area contributed by atoms with E-state index in [0.29, 0.717) is 12.2 Å². The molecule has 0 radical (unpaired) electrons. The summed E-state index contributed by atoms with van der Waals surface area (Å²) in [6.45, 7) is 0.586. The number of rotatable bonds is 7. The van der Waals surface area contributed by atoms with Crippen LogP contribution < -0.4 is 9.92 Å². The fourth-order valence-corrected chi connectivity index (χ4v) is 3.63. The van der Waals surface area contributed by atoms with Crippen LogP contribution in [0.25, 0.3) is 24.3 Å². The summed E-state index contributed by atoms with van der Waals surface area (Å²) in [7, 11) is 1.08. The second-order valence-electron chi connectivity index (χ2n) is 7.91. The normalized spacial score (nSPS) is 11.1. The van der Waals surface area contributed by atoms with Crippen molar-refractivity contribution in [3.63, 3.8) is 0 Å². The van der Waals surface area contributed by atoms with E-state index in [1.165, 1.54) is 10.8 Å². The average Bonchev–Trinajstić information content (AvgIpc) is 2.87. The van der Waals surface area contributed by atoms with E-state index in [-0.39, 0.29) is 0 Å². The quantitative estimate of drug-likeness (QED) is 0.280. The number of nitriles is 1. The summed E-state index contributed by atoms with van der Waals surface area (Å²) < 4.78 is 5.90. The average molecular weight is 444 g/mol. The molecule has 0 unspecified atom stereocenters. The molecule has 33 heavy (non-hydrogen) atoms. The van der Waals surface area contributed by atoms with Gasteiger partial charge in [0.2, 0.25) is 0 Å². The van der Waals surface area contributed by atoms with Crippen LogP contribution in [0.4, 0.5) is 0 Å². The monoisotopic (exact) mass is 443 g/mol. The molecule has 0 saturated heterocycles. The lowest BCUT2D eigenvalue weighted by Gasteiger charge is -2.07. The first kappa shape index (κ1) is 22.1. The van der Waals surface area contributed by atoms with Crippen LogP contribution in [0.5, 0.6) is 5.75 Å². The molecule has 0 spiro atoms. The molecule has 0 bridgehead atoms. The molecule has 0 N–H and O–H groups in total. The molecule has 4 rings (SSSR count). The molecule has 0 aliphatic carbocycles. The van der Waals surface area contributed by atoms with E-state index < -0.39 is 0 Å². The summed E-state index contributed by atoms with van der Waals surface area (Å²) in [4.78, 5) is 0. The van der Waals surface area contributed by atoms with Crippen molar-refractivity contribution in [3.8, 4) is 11.8 Å². The van der Waals surface area contributed by atoms with Crippen molar-refractivity contribution in [2.45, 2.75) is 6.61 Å². The van der Waals surface area contributed by atoms with Gasteiger partial charge in [-0.15, -0.1) is 0 Å². The van der Waals surface area contributed by atoms with Gasteiger partial charge in [0, 0.05) is 10.2 Å². The molecular formula is C30H25NOSi. The van der Waals surface area contributed by atoms with Crippen molar-refractivity contribution >= 4 is 39.7 Å². The third-order valence-corrected chi connectivity index (χ3v) is 5.99. The molecule has 4 aromatic carbocycles. The topological polar surface area (TPSA) is 33.0 Å². The number of ether oxygens (including phenoxy) is 1. The fourth-order valence-electron chi connectivity index (χ4n) is 3.30. The van der Waals surface area contributed by atoms with E-state index in [1.54, 1.807) is 0 Å². The largest absolute Gasteiger partial charge is 0.489 e. The van der Waals surface area contributed by atoms with E-state index in [4.69, 9.17) is 10.00 Å². The van der Waals surface area contributed by atoms with Crippen LogP contribution in [0.15, 0.2) is 97.1 Å². The second kappa shape index (κ2) is 10.9. The summed E-state index contributed by atoms with van der Waals surface area (Å²) >= 11 is 0. The highest BCUT2D eigenvalue weighted by Gasteiger charge is 1.97. The predicted octanol–water partition coefficient (Wildman–Crippen LogP) is 5.47. The van der Waals surface area contributed by atoms with Crippen LogP contribution in [0.3, 0.4) is 0 Å². The zero-order valence-corrected chi connectivity index (χ0v) is 20.6. The van der Waals surface area contributed by atoms with Gasteiger partial charge < -0.3 is 4.74 Å². The predicted molar refractivity (Wildman–Crippen MR) is 142 cm³/mol. The Morgan fingerprint density at radius 1 is 0.606 bits per heavy atom. The van der Waals surface area contributed by atoms with Gasteiger partial charge in [-0.05, 0) is 52.1 Å². The summed E-state index contributed by atoms with van der Waals surface area (Å²) in [5.74, 6) is 0.875. The van der Waals surface area contributed by atoms with Crippen LogP contribution in [-0.4, -0.2) is 10.2 Å². The van der Waals surface area contributed by atoms with Crippen LogP contribution >= 0.6 is 0 Å². The summed E-state index contributed by atoms with van der Waals surface area (Å²) in [6, 6.07) is 34.9. The summed E-state index contributed by atoms with van der Waals surface area (Å²) in [6.07, 6.45) is 8.34. The zero-order chi connectivity index (χ0) is 22.9. The first-order chi connectivity index (χ1) is 16.2. The number of hydrogen-bond donors (Lipinski definition) is 0. The van der Waals surface area contributed by atoms with E-state index in [1.807, 2.05) is 36.4 Å². The van der Waals surface area contributed by atoms with Crippen LogP contribution in [0.1, 0.15) is 33.4 Å². The molecule has 0 fully saturated rings. The SMILES string of the molecule is N#Cc1ccc(/C=C/c2ccc(/C=C/c3ccc(OCc4ccc([SiH3])cc4)cc3)cc2)cc1. The van der Waals surface area contributed by atoms with Gasteiger partial charge in [-0.25, -0.2) is 0 Å². The van der Waals surface area contributed by atoms with E-state index in [2.05, 4.69) is 91.0 Å². The third-order valence-electron chi connectivity index (χ3n) is 5.32. The lowest BCUT2D eigenvalue weighted by atomic mass is 10.1. The lowest BCUT2D eigenvalue weighted by Crippen LogP contribution is -2.02. The molecule has 4 aromatic rings. The highest BCUT2D eigenvalue weighted by Crippen LogP contribution is 2.17. The van der Waals surface area contributed by atoms with Crippen LogP contribution in [0, 0.1) is 11.3 Å². The Morgan fingerprint density at radius 2 is 1.03 bits per heavy atom. The Hall–Kier alpha value is -4.13. The van der Waals surface area contributed by atoms with Gasteiger partial charge in [-0.3, -0.25) is 0 Å². The Bertz CT molecular complexity index is 1280. The highest BCUT2D eigenvalue weighted by atomic mass is 28.1. The van der Waals surface area contributed by atoms with Gasteiger partial charge >= 0.3 is 0 Å². The highest BCUT2D eigenvalue weighted by molar-refractivity contribution is 6.32. The standard InChI is InChI=1S/C30H25NOSi/c31-21-27-11-9-25(10-12-27)6-5-23-1-3-24(4-2-23)7-8-26-13-17-29(18-14-26)32-22-28-15-19-30(33)20-16-28/h1-20H,22H2,33H3/b6-5+,8-7+. The molecule has 0 heterocycles. The Kier molecular flexibility index (Phi) is 7.32. The van der Waals surface area contributed by atoms with Crippen molar-refractivity contribution in [1.29, 1.82) is 5.26 Å². The first-order valence-electron chi connectivity index (χ1n) is 10.9. The number of hydrogen-bond acceptors (Lipinski definition) is 2. The van der Waals surface area contributed by atoms with Gasteiger partial charge in [0.1, 0.15) is 12.4 Å². The van der Waals surface area contributed by atoms with Gasteiger partial charge in [0.25, 0.3) is 0 Å². The molecule has 0 saturated carbocycles. The Morgan fingerprint density at radius 3 is 1.48 bits per heavy atom. The minimum atomic E-state index is 0.586. The molecule has 0 amide bonds. The molecular weight excluding hydrogens is 418 g/mol. The van der Waals surface area contributed by atoms with Crippen molar-refractivity contribution in [3.05, 3.63) is 130 Å². The Labute approximate surface area is 198 Å². The van der Waals surface area contributed by atoms with E-state index >= 15 is 0 Å². The Balaban J connectivity index is 1.31. The summed E-state index contributed by atoms with van der Waals surface area (Å²) in [5, 5.41) is 10.3. The maximum Gasteiger partial charge on any atom is 0.119 e. The van der Waals surface area contributed by atoms with Gasteiger partial charge in [0.05, 0.1) is 11.6 Å². The van der Waals surface area contributed by atoms with Gasteiger partial charge in [-0.2, -0.15) is 5.26 Å². The minimum absolute atomic E-state index is 0.586. The second-order valence-corrected chi connectivity index (χ2v) is 9.07. The van der Waals surface area contributed by atoms with Crippen LogP contribution in [-0.2, 0) is 6.61 Å². The van der Waals surface area contributed by atoms with Gasteiger partial charge in [0.15, 0.2) is 0 Å². The first-order valence-corrected chi connectivity index (χ1v) is 11.9. The van der Waals surface area contributed by atoms with Crippen LogP contribution in [0.2, 0.25) is 0 Å². The molecule has 160 valence electrons. The molecule has 3 heteroatoms. The van der Waals surface area contributed by atoms with Crippen molar-refractivity contribution in [1.82, 2.24) is 0 Å². The molecule has 0 aliphatic rings. The van der Waals surface area contributed by atoms with Gasteiger partial charge in [-0.1, -0.05) is 102 Å². The molecule has 0 aromatic heterocycles. The minimum Gasteiger partial charge on any atom is -0.489 e. The van der Waals surface area contributed by atoms with Crippen molar-refractivity contribution in [2.75, 3.05) is 0 Å². The maximum absolute atomic E-state index is 8.88. The zero-order valence-electron chi connectivity index (χ0n) is 18.6. The third kappa shape index (κ3) is 6.67. The molecule has 2 nitrogen and oxygen atoms in total. The lowest BCUT2D eigenvalue weighted by molar-refractivity contribution is 0.306. The molecule has 0 aliphatic heterocycles. The van der Waals surface area contributed by atoms with Crippen molar-refractivity contribution < 1.29 is 4.74 Å².